The number of para-hydroxylation sites is 1. The molecule has 1 fully saturated rings. The first-order chi connectivity index (χ1) is 10.7. The Morgan fingerprint density at radius 2 is 1.82 bits per heavy atom. The van der Waals surface area contributed by atoms with Crippen molar-refractivity contribution in [1.82, 2.24) is 9.88 Å². The molecule has 114 valence electrons. The summed E-state index contributed by atoms with van der Waals surface area (Å²) < 4.78 is 0. The maximum Gasteiger partial charge on any atom is 0.181 e. The number of carbonyl (C=O) groups is 1. The molecule has 0 N–H and O–H groups in total. The first-order valence-electron chi connectivity index (χ1n) is 8.12. The number of benzene rings is 1. The van der Waals surface area contributed by atoms with Crippen molar-refractivity contribution in [3.05, 3.63) is 35.5 Å². The van der Waals surface area contributed by atoms with Crippen LogP contribution in [0, 0.1) is 0 Å². The Morgan fingerprint density at radius 1 is 1.05 bits per heavy atom. The van der Waals surface area contributed by atoms with E-state index in [1.165, 1.54) is 16.6 Å². The number of Topliss-reactive ketones (excluding diaryl/α,β-unsaturated/α-hetero) is 1. The van der Waals surface area contributed by atoms with Gasteiger partial charge in [-0.2, -0.15) is 0 Å². The molecule has 0 atom stereocenters. The Labute approximate surface area is 130 Å². The van der Waals surface area contributed by atoms with Crippen LogP contribution in [0.3, 0.4) is 0 Å². The number of ketones is 1. The van der Waals surface area contributed by atoms with Gasteiger partial charge < -0.3 is 9.80 Å². The Balaban J connectivity index is 1.92. The molecule has 0 unspecified atom stereocenters. The molecule has 22 heavy (non-hydrogen) atoms. The smallest absolute Gasteiger partial charge is 0.181 e. The summed E-state index contributed by atoms with van der Waals surface area (Å²) in [6.45, 7) is 4.18. The molecule has 0 saturated carbocycles. The lowest BCUT2D eigenvalue weighted by Gasteiger charge is -2.36. The van der Waals surface area contributed by atoms with Crippen molar-refractivity contribution in [2.75, 3.05) is 38.1 Å². The van der Waals surface area contributed by atoms with Gasteiger partial charge in [0.1, 0.15) is 5.69 Å². The van der Waals surface area contributed by atoms with Crippen molar-refractivity contribution >= 4 is 22.4 Å². The lowest BCUT2D eigenvalue weighted by atomic mass is 9.91. The van der Waals surface area contributed by atoms with Gasteiger partial charge in [-0.25, -0.2) is 4.98 Å². The lowest BCUT2D eigenvalue weighted by molar-refractivity contribution is 0.0967. The summed E-state index contributed by atoms with van der Waals surface area (Å²) >= 11 is 0. The van der Waals surface area contributed by atoms with E-state index in [0.717, 1.165) is 50.2 Å². The molecule has 0 radical (unpaired) electrons. The number of likely N-dealkylation sites (N-methyl/N-ethyl adjacent to an activating group) is 1. The zero-order valence-electron chi connectivity index (χ0n) is 13.0. The average molecular weight is 295 g/mol. The highest BCUT2D eigenvalue weighted by molar-refractivity contribution is 6.04. The van der Waals surface area contributed by atoms with Crippen LogP contribution in [0.2, 0.25) is 0 Å². The van der Waals surface area contributed by atoms with Gasteiger partial charge in [-0.3, -0.25) is 4.79 Å². The molecule has 1 saturated heterocycles. The number of aromatic nitrogens is 1. The second-order valence-electron chi connectivity index (χ2n) is 6.37. The van der Waals surface area contributed by atoms with Gasteiger partial charge in [0.15, 0.2) is 5.78 Å². The normalized spacial score (nSPS) is 19.5. The summed E-state index contributed by atoms with van der Waals surface area (Å²) in [7, 11) is 2.17. The van der Waals surface area contributed by atoms with Crippen molar-refractivity contribution < 1.29 is 4.79 Å². The van der Waals surface area contributed by atoms with E-state index in [0.29, 0.717) is 6.42 Å². The standard InChI is InChI=1S/C18H21N3O/c1-20-9-11-21(12-10-20)18-13-5-2-3-7-15(13)19-17-14(18)6-4-8-16(17)22/h2-3,5,7H,4,6,8-12H2,1H3. The molecule has 4 heteroatoms. The maximum atomic E-state index is 12.3. The third-order valence-corrected chi connectivity index (χ3v) is 4.88. The van der Waals surface area contributed by atoms with E-state index >= 15 is 0 Å². The van der Waals surface area contributed by atoms with Crippen molar-refractivity contribution in [1.29, 1.82) is 0 Å². The first-order valence-corrected chi connectivity index (χ1v) is 8.12. The number of carbonyl (C=O) groups excluding carboxylic acids is 1. The predicted molar refractivity (Wildman–Crippen MR) is 88.7 cm³/mol. The maximum absolute atomic E-state index is 12.3. The van der Waals surface area contributed by atoms with E-state index < -0.39 is 0 Å². The minimum absolute atomic E-state index is 0.211. The fourth-order valence-corrected chi connectivity index (χ4v) is 3.64. The highest BCUT2D eigenvalue weighted by Crippen LogP contribution is 2.36. The third kappa shape index (κ3) is 2.18. The second kappa shape index (κ2) is 5.36. The van der Waals surface area contributed by atoms with Gasteiger partial charge in [0.25, 0.3) is 0 Å². The average Bonchev–Trinajstić information content (AvgIpc) is 2.55. The minimum Gasteiger partial charge on any atom is -0.368 e. The van der Waals surface area contributed by atoms with E-state index in [-0.39, 0.29) is 5.78 Å². The monoisotopic (exact) mass is 295 g/mol. The number of fused-ring (bicyclic) bond motifs is 2. The molecular weight excluding hydrogens is 274 g/mol. The summed E-state index contributed by atoms with van der Waals surface area (Å²) in [4.78, 5) is 21.8. The van der Waals surface area contributed by atoms with Crippen molar-refractivity contribution in [3.63, 3.8) is 0 Å². The molecule has 2 aliphatic rings. The van der Waals surface area contributed by atoms with Gasteiger partial charge in [0, 0.05) is 43.5 Å². The van der Waals surface area contributed by atoms with E-state index in [9.17, 15) is 4.79 Å². The topological polar surface area (TPSA) is 36.4 Å². The molecule has 1 aromatic heterocycles. The van der Waals surface area contributed by atoms with Crippen molar-refractivity contribution in [3.8, 4) is 0 Å². The summed E-state index contributed by atoms with van der Waals surface area (Å²) in [5, 5.41) is 1.19. The zero-order chi connectivity index (χ0) is 15.1. The molecule has 0 spiro atoms. The Morgan fingerprint density at radius 3 is 2.64 bits per heavy atom. The van der Waals surface area contributed by atoms with Crippen LogP contribution in [0.4, 0.5) is 5.69 Å². The van der Waals surface area contributed by atoms with Crippen LogP contribution in [-0.4, -0.2) is 48.9 Å². The second-order valence-corrected chi connectivity index (χ2v) is 6.37. The highest BCUT2D eigenvalue weighted by atomic mass is 16.1. The third-order valence-electron chi connectivity index (χ3n) is 4.88. The van der Waals surface area contributed by atoms with Gasteiger partial charge in [-0.05, 0) is 26.0 Å². The summed E-state index contributed by atoms with van der Waals surface area (Å²) in [5.74, 6) is 0.211. The van der Waals surface area contributed by atoms with Crippen LogP contribution < -0.4 is 4.90 Å². The van der Waals surface area contributed by atoms with Crippen LogP contribution in [0.1, 0.15) is 28.9 Å². The lowest BCUT2D eigenvalue weighted by Crippen LogP contribution is -2.45. The molecule has 0 bridgehead atoms. The zero-order valence-corrected chi connectivity index (χ0v) is 13.0. The summed E-state index contributed by atoms with van der Waals surface area (Å²) in [5.41, 5.74) is 4.12. The number of nitrogens with zero attached hydrogens (tertiary/aromatic N) is 3. The number of pyridine rings is 1. The molecular formula is C18H21N3O. The molecule has 2 aromatic rings. The highest BCUT2D eigenvalue weighted by Gasteiger charge is 2.27. The summed E-state index contributed by atoms with van der Waals surface area (Å²) in [6, 6.07) is 8.25. The molecule has 4 nitrogen and oxygen atoms in total. The van der Waals surface area contributed by atoms with Crippen LogP contribution in [0.5, 0.6) is 0 Å². The molecule has 2 heterocycles. The van der Waals surface area contributed by atoms with Gasteiger partial charge in [-0.15, -0.1) is 0 Å². The molecule has 4 rings (SSSR count). The minimum atomic E-state index is 0.211. The fraction of sp³-hybridized carbons (Fsp3) is 0.444. The van der Waals surface area contributed by atoms with E-state index in [2.05, 4.69) is 34.0 Å². The SMILES string of the molecule is CN1CCN(c2c3c(nc4ccccc24)C(=O)CCC3)CC1. The summed E-state index contributed by atoms with van der Waals surface area (Å²) in [6.07, 6.45) is 2.56. The van der Waals surface area contributed by atoms with E-state index in [1.807, 2.05) is 12.1 Å². The Hall–Kier alpha value is -1.94. The molecule has 1 aliphatic heterocycles. The van der Waals surface area contributed by atoms with Crippen molar-refractivity contribution in [2.45, 2.75) is 19.3 Å². The molecule has 1 aliphatic carbocycles. The molecule has 0 amide bonds. The predicted octanol–water partition coefficient (Wildman–Crippen LogP) is 2.51. The van der Waals surface area contributed by atoms with E-state index in [1.54, 1.807) is 0 Å². The van der Waals surface area contributed by atoms with Crippen LogP contribution in [-0.2, 0) is 6.42 Å². The number of rotatable bonds is 1. The van der Waals surface area contributed by atoms with Crippen molar-refractivity contribution in [2.24, 2.45) is 0 Å². The largest absolute Gasteiger partial charge is 0.368 e. The van der Waals surface area contributed by atoms with Crippen LogP contribution in [0.25, 0.3) is 10.9 Å². The molecule has 1 aromatic carbocycles. The Kier molecular flexibility index (Phi) is 3.34. The van der Waals surface area contributed by atoms with Gasteiger partial charge >= 0.3 is 0 Å². The van der Waals surface area contributed by atoms with Crippen LogP contribution >= 0.6 is 0 Å². The number of hydrogen-bond acceptors (Lipinski definition) is 4. The van der Waals surface area contributed by atoms with Crippen LogP contribution in [0.15, 0.2) is 24.3 Å². The van der Waals surface area contributed by atoms with Gasteiger partial charge in [0.2, 0.25) is 0 Å². The van der Waals surface area contributed by atoms with Gasteiger partial charge in [-0.1, -0.05) is 18.2 Å². The first kappa shape index (κ1) is 13.7. The number of hydrogen-bond donors (Lipinski definition) is 0. The number of anilines is 1. The quantitative estimate of drug-likeness (QED) is 0.810. The van der Waals surface area contributed by atoms with Gasteiger partial charge in [0.05, 0.1) is 11.2 Å². The number of piperazine rings is 1. The van der Waals surface area contributed by atoms with E-state index in [4.69, 9.17) is 0 Å². The Bertz CT molecular complexity index is 732. The fourth-order valence-electron chi connectivity index (χ4n) is 3.64.